The van der Waals surface area contributed by atoms with Crippen molar-refractivity contribution in [3.05, 3.63) is 41.1 Å². The molecule has 1 amide bonds. The minimum Gasteiger partial charge on any atom is -0.453 e. The highest BCUT2D eigenvalue weighted by Crippen LogP contribution is 2.41. The van der Waals surface area contributed by atoms with E-state index in [4.69, 9.17) is 21.3 Å². The van der Waals surface area contributed by atoms with E-state index < -0.39 is 0 Å². The van der Waals surface area contributed by atoms with Crippen molar-refractivity contribution in [2.45, 2.75) is 44.8 Å². The Labute approximate surface area is 202 Å². The van der Waals surface area contributed by atoms with Crippen molar-refractivity contribution in [3.63, 3.8) is 0 Å². The predicted octanol–water partition coefficient (Wildman–Crippen LogP) is 3.53. The number of anilines is 2. The molecule has 34 heavy (non-hydrogen) atoms. The number of nitrogens with zero attached hydrogens (tertiary/aromatic N) is 5. The lowest BCUT2D eigenvalue weighted by Crippen LogP contribution is -2.53. The molecule has 1 aliphatic carbocycles. The molecule has 3 aliphatic rings. The van der Waals surface area contributed by atoms with E-state index in [9.17, 15) is 4.79 Å². The predicted molar refractivity (Wildman–Crippen MR) is 130 cm³/mol. The molecule has 5 heterocycles. The summed E-state index contributed by atoms with van der Waals surface area (Å²) in [7, 11) is 1.42. The first kappa shape index (κ1) is 21.5. The van der Waals surface area contributed by atoms with Crippen LogP contribution in [0.1, 0.15) is 31.0 Å². The number of pyridine rings is 1. The first-order chi connectivity index (χ1) is 16.5. The maximum absolute atomic E-state index is 11.9. The van der Waals surface area contributed by atoms with Gasteiger partial charge in [-0.3, -0.25) is 0 Å². The summed E-state index contributed by atoms with van der Waals surface area (Å²) in [5.74, 6) is 1.79. The molecule has 178 valence electrons. The van der Waals surface area contributed by atoms with Crippen LogP contribution >= 0.6 is 11.6 Å². The highest BCUT2D eigenvalue weighted by atomic mass is 35.5. The second-order valence-electron chi connectivity index (χ2n) is 9.67. The molecule has 6 rings (SSSR count). The van der Waals surface area contributed by atoms with Crippen molar-refractivity contribution in [2.24, 2.45) is 11.8 Å². The average Bonchev–Trinajstić information content (AvgIpc) is 3.38. The number of carbonyl (C=O) groups excluding carboxylic acids is 1. The number of hydrogen-bond acceptors (Lipinski definition) is 7. The fraction of sp³-hybridized carbons (Fsp3) is 0.500. The van der Waals surface area contributed by atoms with Crippen molar-refractivity contribution < 1.29 is 9.53 Å². The Balaban J connectivity index is 1.31. The van der Waals surface area contributed by atoms with Gasteiger partial charge < -0.3 is 24.8 Å². The summed E-state index contributed by atoms with van der Waals surface area (Å²) in [4.78, 5) is 33.7. The zero-order valence-corrected chi connectivity index (χ0v) is 20.0. The molecule has 0 radical (unpaired) electrons. The van der Waals surface area contributed by atoms with Gasteiger partial charge in [-0.15, -0.1) is 0 Å². The molecular weight excluding hydrogens is 454 g/mol. The molecule has 2 N–H and O–H groups in total. The number of nitrogens with one attached hydrogen (secondary N) is 2. The summed E-state index contributed by atoms with van der Waals surface area (Å²) >= 11 is 6.37. The van der Waals surface area contributed by atoms with E-state index in [1.165, 1.54) is 12.7 Å². The van der Waals surface area contributed by atoms with E-state index in [2.05, 4.69) is 43.1 Å². The van der Waals surface area contributed by atoms with Crippen LogP contribution in [0.4, 0.5) is 16.3 Å². The molecule has 3 aromatic heterocycles. The van der Waals surface area contributed by atoms with Crippen molar-refractivity contribution in [1.29, 1.82) is 0 Å². The Kier molecular flexibility index (Phi) is 5.24. The summed E-state index contributed by atoms with van der Waals surface area (Å²) in [6.45, 7) is 4.67. The second kappa shape index (κ2) is 8.30. The fourth-order valence-corrected chi connectivity index (χ4v) is 6.33. The summed E-state index contributed by atoms with van der Waals surface area (Å²) in [5.41, 5.74) is 4.16. The Morgan fingerprint density at radius 2 is 2.06 bits per heavy atom. The van der Waals surface area contributed by atoms with Crippen LogP contribution in [0.25, 0.3) is 11.0 Å². The Morgan fingerprint density at radius 3 is 2.82 bits per heavy atom. The van der Waals surface area contributed by atoms with E-state index in [0.29, 0.717) is 23.5 Å². The third kappa shape index (κ3) is 3.53. The average molecular weight is 482 g/mol. The topological polar surface area (TPSA) is 99.3 Å². The first-order valence-corrected chi connectivity index (χ1v) is 12.2. The SMILES string of the molecule is COC(=O)NC1C2CCC1CN(c1ncnc3c1CN(c1cc(Cl)nc4[nH]ccc14)[C@H](C)C3)C2. The van der Waals surface area contributed by atoms with Crippen LogP contribution in [0, 0.1) is 11.8 Å². The second-order valence-corrected chi connectivity index (χ2v) is 10.1. The molecule has 0 spiro atoms. The van der Waals surface area contributed by atoms with Gasteiger partial charge in [0.1, 0.15) is 22.9 Å². The summed E-state index contributed by atoms with van der Waals surface area (Å²) in [6, 6.07) is 4.43. The Hall–Kier alpha value is -3.07. The zero-order valence-electron chi connectivity index (χ0n) is 19.3. The van der Waals surface area contributed by atoms with Crippen LogP contribution in [-0.2, 0) is 17.7 Å². The molecule has 1 saturated carbocycles. The maximum atomic E-state index is 11.9. The molecule has 3 aromatic rings. The Bertz CT molecular complexity index is 1230. The lowest BCUT2D eigenvalue weighted by molar-refractivity contribution is 0.157. The molecule has 2 bridgehead atoms. The molecule has 10 heteroatoms. The highest BCUT2D eigenvalue weighted by molar-refractivity contribution is 6.30. The van der Waals surface area contributed by atoms with Gasteiger partial charge in [0.25, 0.3) is 0 Å². The van der Waals surface area contributed by atoms with Gasteiger partial charge in [-0.05, 0) is 43.7 Å². The molecule has 1 saturated heterocycles. The van der Waals surface area contributed by atoms with E-state index in [1.807, 2.05) is 12.3 Å². The molecule has 0 aromatic carbocycles. The molecule has 9 nitrogen and oxygen atoms in total. The number of H-pyrrole nitrogens is 1. The molecule has 2 aliphatic heterocycles. The first-order valence-electron chi connectivity index (χ1n) is 11.8. The van der Waals surface area contributed by atoms with E-state index >= 15 is 0 Å². The highest BCUT2D eigenvalue weighted by Gasteiger charge is 2.44. The molecular formula is C24H28ClN7O2. The van der Waals surface area contributed by atoms with Crippen molar-refractivity contribution in [2.75, 3.05) is 30.0 Å². The zero-order chi connectivity index (χ0) is 23.4. The van der Waals surface area contributed by atoms with Gasteiger partial charge in [-0.1, -0.05) is 11.6 Å². The number of aromatic nitrogens is 4. The number of piperidine rings is 1. The number of amides is 1. The van der Waals surface area contributed by atoms with Crippen LogP contribution in [0.2, 0.25) is 5.15 Å². The summed E-state index contributed by atoms with van der Waals surface area (Å²) in [6.07, 6.45) is 6.30. The number of halogens is 1. The van der Waals surface area contributed by atoms with Gasteiger partial charge in [-0.25, -0.2) is 19.7 Å². The van der Waals surface area contributed by atoms with E-state index in [-0.39, 0.29) is 18.2 Å². The largest absolute Gasteiger partial charge is 0.453 e. The smallest absolute Gasteiger partial charge is 0.407 e. The van der Waals surface area contributed by atoms with Gasteiger partial charge in [0, 0.05) is 55.3 Å². The summed E-state index contributed by atoms with van der Waals surface area (Å²) < 4.78 is 4.85. The number of alkyl carbamates (subject to hydrolysis) is 1. The third-order valence-corrected chi connectivity index (χ3v) is 7.94. The minimum atomic E-state index is -0.341. The lowest BCUT2D eigenvalue weighted by atomic mass is 9.91. The van der Waals surface area contributed by atoms with Gasteiger partial charge in [-0.2, -0.15) is 0 Å². The van der Waals surface area contributed by atoms with Gasteiger partial charge in [0.15, 0.2) is 0 Å². The van der Waals surface area contributed by atoms with Crippen LogP contribution < -0.4 is 15.1 Å². The number of ether oxygens (including phenoxy) is 1. The van der Waals surface area contributed by atoms with Crippen molar-refractivity contribution in [3.8, 4) is 0 Å². The number of fused-ring (bicyclic) bond motifs is 4. The van der Waals surface area contributed by atoms with Crippen LogP contribution in [0.5, 0.6) is 0 Å². The minimum absolute atomic E-state index is 0.165. The standard InChI is InChI=1S/C24H28ClN7O2/c1-13-7-18-17(11-32(13)19-8-20(25)29-22-16(19)5-6-26-22)23(28-12-27-18)31-9-14-3-4-15(10-31)21(14)30-24(33)34-2/h5-6,8,12-15,21H,3-4,7,9-11H2,1-2H3,(H,26,29)(H,30,33)/t13-,14?,15?,21?/m1/s1. The number of aromatic amines is 1. The number of methoxy groups -OCH3 is 1. The van der Waals surface area contributed by atoms with Crippen LogP contribution in [0.15, 0.2) is 24.7 Å². The molecule has 2 fully saturated rings. The normalized spacial score (nSPS) is 26.0. The number of hydrogen-bond donors (Lipinski definition) is 2. The van der Waals surface area contributed by atoms with Crippen molar-refractivity contribution >= 4 is 40.2 Å². The summed E-state index contributed by atoms with van der Waals surface area (Å²) in [5, 5.41) is 4.61. The fourth-order valence-electron chi connectivity index (χ4n) is 6.14. The Morgan fingerprint density at radius 1 is 1.26 bits per heavy atom. The molecule has 3 atom stereocenters. The molecule has 2 unspecified atom stereocenters. The van der Waals surface area contributed by atoms with Gasteiger partial charge >= 0.3 is 6.09 Å². The van der Waals surface area contributed by atoms with Gasteiger partial charge in [0.2, 0.25) is 0 Å². The van der Waals surface area contributed by atoms with Crippen molar-refractivity contribution in [1.82, 2.24) is 25.3 Å². The monoisotopic (exact) mass is 481 g/mol. The third-order valence-electron chi connectivity index (χ3n) is 7.75. The lowest BCUT2D eigenvalue weighted by Gasteiger charge is -2.42. The quantitative estimate of drug-likeness (QED) is 0.552. The van der Waals surface area contributed by atoms with Crippen LogP contribution in [0.3, 0.4) is 0 Å². The number of rotatable bonds is 3. The van der Waals surface area contributed by atoms with Crippen LogP contribution in [-0.4, -0.2) is 58.3 Å². The maximum Gasteiger partial charge on any atom is 0.407 e. The van der Waals surface area contributed by atoms with E-state index in [0.717, 1.165) is 60.6 Å². The van der Waals surface area contributed by atoms with E-state index in [1.54, 1.807) is 6.33 Å². The van der Waals surface area contributed by atoms with Gasteiger partial charge in [0.05, 0.1) is 18.5 Å². The number of carbonyl (C=O) groups is 1.